The number of hydrogen-bond donors (Lipinski definition) is 2. The first-order chi connectivity index (χ1) is 11.4. The fourth-order valence-corrected chi connectivity index (χ4v) is 4.91. The first-order valence-corrected chi connectivity index (χ1v) is 10.9. The summed E-state index contributed by atoms with van der Waals surface area (Å²) in [5, 5.41) is 6.44. The lowest BCUT2D eigenvalue weighted by Crippen LogP contribution is -2.53. The maximum Gasteiger partial charge on any atom is 0.191 e. The molecule has 1 fully saturated rings. The van der Waals surface area contributed by atoms with Crippen molar-refractivity contribution >= 4 is 27.1 Å². The van der Waals surface area contributed by atoms with Crippen LogP contribution in [0.15, 0.2) is 17.1 Å². The summed E-state index contributed by atoms with van der Waals surface area (Å²) < 4.78 is 29.1. The van der Waals surface area contributed by atoms with E-state index in [0.717, 1.165) is 6.42 Å². The van der Waals surface area contributed by atoms with Crippen molar-refractivity contribution in [2.45, 2.75) is 37.5 Å². The van der Waals surface area contributed by atoms with Gasteiger partial charge in [0, 0.05) is 42.8 Å². The Balaban J connectivity index is 1.94. The Labute approximate surface area is 148 Å². The third-order valence-corrected chi connectivity index (χ3v) is 7.84. The molecule has 0 atom stereocenters. The fraction of sp³-hybridized carbons (Fsp3) is 0.688. The first kappa shape index (κ1) is 19.2. The van der Waals surface area contributed by atoms with Crippen molar-refractivity contribution < 1.29 is 13.2 Å². The lowest BCUT2D eigenvalue weighted by molar-refractivity contribution is 0.0756. The standard InChI is InChI=1S/C16H27N3O3S2/c1-4-13-5-6-14(23-13)11-18-15(17-2)19-12-16(24(3,20)21)7-9-22-10-8-16/h5-6H,4,7-12H2,1-3H3,(H2,17,18,19). The van der Waals surface area contributed by atoms with Crippen LogP contribution < -0.4 is 10.6 Å². The monoisotopic (exact) mass is 373 g/mol. The molecule has 0 saturated carbocycles. The molecule has 0 aromatic carbocycles. The van der Waals surface area contributed by atoms with E-state index in [2.05, 4.69) is 34.7 Å². The van der Waals surface area contributed by atoms with E-state index in [1.807, 2.05) is 0 Å². The molecule has 1 aromatic heterocycles. The number of hydrogen-bond acceptors (Lipinski definition) is 5. The molecule has 1 aromatic rings. The Morgan fingerprint density at radius 2 is 1.96 bits per heavy atom. The average Bonchev–Trinajstić information content (AvgIpc) is 3.03. The third-order valence-electron chi connectivity index (χ3n) is 4.49. The molecule has 2 N–H and O–H groups in total. The van der Waals surface area contributed by atoms with Crippen molar-refractivity contribution in [3.05, 3.63) is 21.9 Å². The van der Waals surface area contributed by atoms with Gasteiger partial charge < -0.3 is 15.4 Å². The normalized spacial score (nSPS) is 18.4. The third kappa shape index (κ3) is 4.70. The van der Waals surface area contributed by atoms with Crippen LogP contribution in [-0.2, 0) is 27.5 Å². The van der Waals surface area contributed by atoms with E-state index in [4.69, 9.17) is 4.74 Å². The summed E-state index contributed by atoms with van der Waals surface area (Å²) in [5.74, 6) is 0.621. The maximum absolute atomic E-state index is 12.3. The van der Waals surface area contributed by atoms with Crippen LogP contribution >= 0.6 is 11.3 Å². The van der Waals surface area contributed by atoms with Crippen molar-refractivity contribution in [1.29, 1.82) is 0 Å². The quantitative estimate of drug-likeness (QED) is 0.584. The number of ether oxygens (including phenoxy) is 1. The minimum Gasteiger partial charge on any atom is -0.381 e. The Morgan fingerprint density at radius 1 is 1.29 bits per heavy atom. The second-order valence-corrected chi connectivity index (χ2v) is 9.73. The molecule has 2 heterocycles. The Morgan fingerprint density at radius 3 is 2.50 bits per heavy atom. The zero-order chi connectivity index (χ0) is 17.6. The van der Waals surface area contributed by atoms with Gasteiger partial charge in [-0.1, -0.05) is 6.92 Å². The molecule has 8 heteroatoms. The second-order valence-electron chi connectivity index (χ2n) is 6.07. The summed E-state index contributed by atoms with van der Waals surface area (Å²) >= 11 is 1.78. The van der Waals surface area contributed by atoms with E-state index in [-0.39, 0.29) is 0 Å². The van der Waals surface area contributed by atoms with Crippen molar-refractivity contribution in [2.75, 3.05) is 33.1 Å². The predicted octanol–water partition coefficient (Wildman–Crippen LogP) is 1.57. The molecule has 0 amide bonds. The van der Waals surface area contributed by atoms with E-state index in [1.54, 1.807) is 18.4 Å². The van der Waals surface area contributed by atoms with Crippen LogP contribution in [0.1, 0.15) is 29.5 Å². The van der Waals surface area contributed by atoms with Crippen molar-refractivity contribution in [2.24, 2.45) is 4.99 Å². The lowest BCUT2D eigenvalue weighted by atomic mass is 9.99. The molecule has 1 aliphatic rings. The smallest absolute Gasteiger partial charge is 0.191 e. The Kier molecular flexibility index (Phi) is 6.65. The molecule has 0 radical (unpaired) electrons. The molecule has 1 saturated heterocycles. The van der Waals surface area contributed by atoms with Gasteiger partial charge in [-0.25, -0.2) is 8.42 Å². The van der Waals surface area contributed by atoms with Gasteiger partial charge in [0.1, 0.15) is 0 Å². The first-order valence-electron chi connectivity index (χ1n) is 8.19. The molecule has 6 nitrogen and oxygen atoms in total. The molecular formula is C16H27N3O3S2. The van der Waals surface area contributed by atoms with Crippen LogP contribution in [0.5, 0.6) is 0 Å². The van der Waals surface area contributed by atoms with E-state index < -0.39 is 14.6 Å². The van der Waals surface area contributed by atoms with Crippen LogP contribution in [0.4, 0.5) is 0 Å². The molecule has 0 aliphatic carbocycles. The summed E-state index contributed by atoms with van der Waals surface area (Å²) in [5.41, 5.74) is 0. The Bertz CT molecular complexity index is 662. The van der Waals surface area contributed by atoms with Gasteiger partial charge in [0.2, 0.25) is 0 Å². The van der Waals surface area contributed by atoms with E-state index in [1.165, 1.54) is 16.0 Å². The van der Waals surface area contributed by atoms with Crippen LogP contribution in [-0.4, -0.2) is 52.2 Å². The number of aryl methyl sites for hydroxylation is 1. The van der Waals surface area contributed by atoms with E-state index in [0.29, 0.717) is 45.1 Å². The van der Waals surface area contributed by atoms with Gasteiger partial charge in [0.05, 0.1) is 11.3 Å². The zero-order valence-corrected chi connectivity index (χ0v) is 16.2. The van der Waals surface area contributed by atoms with Gasteiger partial charge in [-0.3, -0.25) is 4.99 Å². The number of thiophene rings is 1. The van der Waals surface area contributed by atoms with Gasteiger partial charge in [0.25, 0.3) is 0 Å². The summed E-state index contributed by atoms with van der Waals surface area (Å²) in [6.45, 7) is 4.13. The molecule has 0 unspecified atom stereocenters. The van der Waals surface area contributed by atoms with Gasteiger partial charge >= 0.3 is 0 Å². The average molecular weight is 374 g/mol. The van der Waals surface area contributed by atoms with Gasteiger partial charge in [-0.15, -0.1) is 11.3 Å². The predicted molar refractivity (Wildman–Crippen MR) is 99.5 cm³/mol. The number of nitrogens with zero attached hydrogens (tertiary/aromatic N) is 1. The molecule has 24 heavy (non-hydrogen) atoms. The summed E-state index contributed by atoms with van der Waals surface area (Å²) in [4.78, 5) is 6.79. The molecular weight excluding hydrogens is 346 g/mol. The fourth-order valence-electron chi connectivity index (χ4n) is 2.77. The topological polar surface area (TPSA) is 79.8 Å². The largest absolute Gasteiger partial charge is 0.381 e. The summed E-state index contributed by atoms with van der Waals surface area (Å²) in [6.07, 6.45) is 3.38. The van der Waals surface area contributed by atoms with Crippen molar-refractivity contribution in [1.82, 2.24) is 10.6 Å². The minimum absolute atomic E-state index is 0.347. The number of guanidine groups is 1. The molecule has 1 aliphatic heterocycles. The van der Waals surface area contributed by atoms with Crippen LogP contribution in [0.25, 0.3) is 0 Å². The number of aliphatic imine (C=N–C) groups is 1. The molecule has 136 valence electrons. The van der Waals surface area contributed by atoms with Crippen LogP contribution in [0.3, 0.4) is 0 Å². The lowest BCUT2D eigenvalue weighted by Gasteiger charge is -2.35. The van der Waals surface area contributed by atoms with Crippen molar-refractivity contribution in [3.63, 3.8) is 0 Å². The minimum atomic E-state index is -3.18. The van der Waals surface area contributed by atoms with Crippen molar-refractivity contribution in [3.8, 4) is 0 Å². The van der Waals surface area contributed by atoms with E-state index in [9.17, 15) is 8.42 Å². The van der Waals surface area contributed by atoms with Crippen LogP contribution in [0, 0.1) is 0 Å². The van der Waals surface area contributed by atoms with Gasteiger partial charge in [0.15, 0.2) is 15.8 Å². The highest BCUT2D eigenvalue weighted by Gasteiger charge is 2.42. The van der Waals surface area contributed by atoms with Crippen LogP contribution in [0.2, 0.25) is 0 Å². The molecule has 0 bridgehead atoms. The van der Waals surface area contributed by atoms with E-state index >= 15 is 0 Å². The highest BCUT2D eigenvalue weighted by Crippen LogP contribution is 2.28. The van der Waals surface area contributed by atoms with Gasteiger partial charge in [-0.05, 0) is 31.4 Å². The SMILES string of the molecule is CCc1ccc(CNC(=NC)NCC2(S(C)(=O)=O)CCOCC2)s1. The molecule has 0 spiro atoms. The second kappa shape index (κ2) is 8.31. The van der Waals surface area contributed by atoms with Gasteiger partial charge in [-0.2, -0.15) is 0 Å². The highest BCUT2D eigenvalue weighted by atomic mass is 32.2. The highest BCUT2D eigenvalue weighted by molar-refractivity contribution is 7.92. The number of sulfone groups is 1. The molecule has 2 rings (SSSR count). The zero-order valence-electron chi connectivity index (χ0n) is 14.6. The number of rotatable bonds is 6. The summed E-state index contributed by atoms with van der Waals surface area (Å²) in [6, 6.07) is 4.25. The Hall–Kier alpha value is -1.12. The summed E-state index contributed by atoms with van der Waals surface area (Å²) in [7, 11) is -1.49. The number of nitrogens with one attached hydrogen (secondary N) is 2. The maximum atomic E-state index is 12.3.